The molecule has 0 atom stereocenters. The fourth-order valence-corrected chi connectivity index (χ4v) is 1.85. The normalized spacial score (nSPS) is 10.8. The van der Waals surface area contributed by atoms with Crippen LogP contribution in [0.5, 0.6) is 0 Å². The van der Waals surface area contributed by atoms with Gasteiger partial charge in [-0.2, -0.15) is 0 Å². The lowest BCUT2D eigenvalue weighted by Gasteiger charge is -2.10. The molecule has 13 heavy (non-hydrogen) atoms. The second kappa shape index (κ2) is 4.80. The van der Waals surface area contributed by atoms with E-state index in [0.717, 1.165) is 11.8 Å². The Morgan fingerprint density at radius 3 is 2.54 bits per heavy atom. The summed E-state index contributed by atoms with van der Waals surface area (Å²) in [5.74, 6) is 0.634. The fraction of sp³-hybridized carbons (Fsp3) is 0.500. The molecule has 0 aliphatic carbocycles. The van der Waals surface area contributed by atoms with Gasteiger partial charge in [0.2, 0.25) is 0 Å². The number of hydrogen-bond donors (Lipinski definition) is 0. The predicted molar refractivity (Wildman–Crippen MR) is 62.8 cm³/mol. The van der Waals surface area contributed by atoms with Crippen LogP contribution in [0.2, 0.25) is 0 Å². The van der Waals surface area contributed by atoms with Crippen LogP contribution in [-0.2, 0) is 6.42 Å². The molecule has 1 heteroatoms. The largest absolute Gasteiger partial charge is 0.0924 e. The van der Waals surface area contributed by atoms with Gasteiger partial charge in [-0.1, -0.05) is 48.0 Å². The van der Waals surface area contributed by atoms with E-state index < -0.39 is 0 Å². The van der Waals surface area contributed by atoms with Crippen molar-refractivity contribution in [3.05, 3.63) is 34.9 Å². The van der Waals surface area contributed by atoms with Gasteiger partial charge in [0.25, 0.3) is 0 Å². The van der Waals surface area contributed by atoms with E-state index in [2.05, 4.69) is 54.9 Å². The molecule has 0 saturated heterocycles. The Hall–Kier alpha value is -0.300. The van der Waals surface area contributed by atoms with Gasteiger partial charge in [-0.05, 0) is 36.0 Å². The standard InChI is InChI=1S/C12H17Br/c1-9(2)11-5-4-10(3)12(8-11)6-7-13/h4-5,8-9H,6-7H2,1-3H3. The molecule has 0 radical (unpaired) electrons. The molecule has 0 fully saturated rings. The Morgan fingerprint density at radius 2 is 2.00 bits per heavy atom. The van der Waals surface area contributed by atoms with Gasteiger partial charge in [-0.25, -0.2) is 0 Å². The van der Waals surface area contributed by atoms with Crippen molar-refractivity contribution in [2.75, 3.05) is 5.33 Å². The van der Waals surface area contributed by atoms with Crippen molar-refractivity contribution in [3.63, 3.8) is 0 Å². The lowest BCUT2D eigenvalue weighted by molar-refractivity contribution is 0.861. The van der Waals surface area contributed by atoms with E-state index in [4.69, 9.17) is 0 Å². The average molecular weight is 241 g/mol. The highest BCUT2D eigenvalue weighted by molar-refractivity contribution is 9.09. The summed E-state index contributed by atoms with van der Waals surface area (Å²) in [6, 6.07) is 6.80. The molecular weight excluding hydrogens is 224 g/mol. The third-order valence-corrected chi connectivity index (χ3v) is 2.80. The summed E-state index contributed by atoms with van der Waals surface area (Å²) in [4.78, 5) is 0. The Kier molecular flexibility index (Phi) is 3.98. The fourth-order valence-electron chi connectivity index (χ4n) is 1.42. The van der Waals surface area contributed by atoms with E-state index in [-0.39, 0.29) is 0 Å². The van der Waals surface area contributed by atoms with E-state index in [0.29, 0.717) is 5.92 Å². The van der Waals surface area contributed by atoms with Gasteiger partial charge in [0, 0.05) is 5.33 Å². The van der Waals surface area contributed by atoms with Gasteiger partial charge in [0.15, 0.2) is 0 Å². The monoisotopic (exact) mass is 240 g/mol. The van der Waals surface area contributed by atoms with Crippen LogP contribution in [0.1, 0.15) is 36.5 Å². The van der Waals surface area contributed by atoms with Crippen molar-refractivity contribution in [2.24, 2.45) is 0 Å². The van der Waals surface area contributed by atoms with Crippen LogP contribution >= 0.6 is 15.9 Å². The smallest absolute Gasteiger partial charge is 0.00719 e. The Bertz CT molecular complexity index is 276. The molecule has 1 rings (SSSR count). The quantitative estimate of drug-likeness (QED) is 0.700. The van der Waals surface area contributed by atoms with Gasteiger partial charge in [-0.15, -0.1) is 0 Å². The van der Waals surface area contributed by atoms with Gasteiger partial charge in [0.1, 0.15) is 0 Å². The average Bonchev–Trinajstić information content (AvgIpc) is 2.08. The molecule has 0 nitrogen and oxygen atoms in total. The molecule has 0 N–H and O–H groups in total. The first-order valence-corrected chi connectivity index (χ1v) is 5.92. The van der Waals surface area contributed by atoms with Crippen molar-refractivity contribution in [1.29, 1.82) is 0 Å². The molecule has 0 spiro atoms. The number of aryl methyl sites for hydroxylation is 2. The summed E-state index contributed by atoms with van der Waals surface area (Å²) < 4.78 is 0. The maximum atomic E-state index is 3.48. The van der Waals surface area contributed by atoms with Gasteiger partial charge in [-0.3, -0.25) is 0 Å². The Balaban J connectivity index is 2.97. The number of benzene rings is 1. The second-order valence-corrected chi connectivity index (χ2v) is 4.57. The van der Waals surface area contributed by atoms with E-state index in [1.165, 1.54) is 16.7 Å². The van der Waals surface area contributed by atoms with Gasteiger partial charge in [0.05, 0.1) is 0 Å². The summed E-state index contributed by atoms with van der Waals surface area (Å²) in [5.41, 5.74) is 4.33. The summed E-state index contributed by atoms with van der Waals surface area (Å²) in [6.07, 6.45) is 1.13. The first-order valence-electron chi connectivity index (χ1n) is 4.80. The van der Waals surface area contributed by atoms with Crippen LogP contribution < -0.4 is 0 Å². The highest BCUT2D eigenvalue weighted by Gasteiger charge is 2.02. The third kappa shape index (κ3) is 2.84. The third-order valence-electron chi connectivity index (χ3n) is 2.40. The molecule has 0 amide bonds. The van der Waals surface area contributed by atoms with Crippen molar-refractivity contribution >= 4 is 15.9 Å². The predicted octanol–water partition coefficient (Wildman–Crippen LogP) is 4.06. The van der Waals surface area contributed by atoms with E-state index >= 15 is 0 Å². The molecule has 1 aromatic rings. The lowest BCUT2D eigenvalue weighted by Crippen LogP contribution is -1.94. The first-order chi connectivity index (χ1) is 6.15. The minimum atomic E-state index is 0.634. The number of rotatable bonds is 3. The van der Waals surface area contributed by atoms with Crippen LogP contribution in [0.3, 0.4) is 0 Å². The number of hydrogen-bond acceptors (Lipinski definition) is 0. The second-order valence-electron chi connectivity index (χ2n) is 3.78. The first kappa shape index (κ1) is 10.8. The zero-order valence-electron chi connectivity index (χ0n) is 8.60. The minimum absolute atomic E-state index is 0.634. The van der Waals surface area contributed by atoms with Crippen LogP contribution in [0.25, 0.3) is 0 Å². The molecule has 0 aliphatic heterocycles. The molecule has 0 saturated carbocycles. The number of alkyl halides is 1. The van der Waals surface area contributed by atoms with Crippen LogP contribution in [0, 0.1) is 6.92 Å². The maximum Gasteiger partial charge on any atom is 0.00719 e. The summed E-state index contributed by atoms with van der Waals surface area (Å²) in [7, 11) is 0. The van der Waals surface area contributed by atoms with Gasteiger partial charge < -0.3 is 0 Å². The summed E-state index contributed by atoms with van der Waals surface area (Å²) >= 11 is 3.48. The Morgan fingerprint density at radius 1 is 1.31 bits per heavy atom. The number of halogens is 1. The maximum absolute atomic E-state index is 3.48. The zero-order valence-corrected chi connectivity index (χ0v) is 10.2. The van der Waals surface area contributed by atoms with Gasteiger partial charge >= 0.3 is 0 Å². The van der Waals surface area contributed by atoms with Crippen LogP contribution in [0.15, 0.2) is 18.2 Å². The van der Waals surface area contributed by atoms with Crippen molar-refractivity contribution in [1.82, 2.24) is 0 Å². The topological polar surface area (TPSA) is 0 Å². The van der Waals surface area contributed by atoms with E-state index in [9.17, 15) is 0 Å². The molecule has 0 aromatic heterocycles. The highest BCUT2D eigenvalue weighted by Crippen LogP contribution is 2.19. The molecule has 1 aromatic carbocycles. The SMILES string of the molecule is Cc1ccc(C(C)C)cc1CCBr. The van der Waals surface area contributed by atoms with Crippen molar-refractivity contribution in [2.45, 2.75) is 33.1 Å². The van der Waals surface area contributed by atoms with Crippen LogP contribution in [-0.4, -0.2) is 5.33 Å². The molecule has 0 heterocycles. The molecule has 0 aliphatic rings. The lowest BCUT2D eigenvalue weighted by atomic mass is 9.97. The summed E-state index contributed by atoms with van der Waals surface area (Å²) in [5, 5.41) is 1.05. The molecular formula is C12H17Br. The molecule has 0 bridgehead atoms. The van der Waals surface area contributed by atoms with Crippen molar-refractivity contribution in [3.8, 4) is 0 Å². The van der Waals surface area contributed by atoms with Crippen LogP contribution in [0.4, 0.5) is 0 Å². The zero-order chi connectivity index (χ0) is 9.84. The molecule has 0 unspecified atom stereocenters. The van der Waals surface area contributed by atoms with E-state index in [1.54, 1.807) is 0 Å². The van der Waals surface area contributed by atoms with Crippen molar-refractivity contribution < 1.29 is 0 Å². The summed E-state index contributed by atoms with van der Waals surface area (Å²) in [6.45, 7) is 6.66. The minimum Gasteiger partial charge on any atom is -0.0924 e. The van der Waals surface area contributed by atoms with E-state index in [1.807, 2.05) is 0 Å². The Labute approximate surface area is 89.5 Å². The highest BCUT2D eigenvalue weighted by atomic mass is 79.9. The molecule has 72 valence electrons.